The predicted molar refractivity (Wildman–Crippen MR) is 93.2 cm³/mol. The van der Waals surface area contributed by atoms with Crippen molar-refractivity contribution < 1.29 is 14.4 Å². The number of hydrogen-bond donors (Lipinski definition) is 1. The quantitative estimate of drug-likeness (QED) is 0.647. The van der Waals surface area contributed by atoms with E-state index in [4.69, 9.17) is 9.63 Å². The fourth-order valence-electron chi connectivity index (χ4n) is 2.43. The monoisotopic (exact) mass is 358 g/mol. The summed E-state index contributed by atoms with van der Waals surface area (Å²) in [4.78, 5) is 11.0. The van der Waals surface area contributed by atoms with Crippen molar-refractivity contribution in [3.63, 3.8) is 0 Å². The van der Waals surface area contributed by atoms with E-state index in [1.165, 1.54) is 11.8 Å². The molecule has 0 saturated heterocycles. The van der Waals surface area contributed by atoms with Crippen LogP contribution in [0.5, 0.6) is 0 Å². The molecule has 25 heavy (non-hydrogen) atoms. The Morgan fingerprint density at radius 3 is 2.80 bits per heavy atom. The lowest BCUT2D eigenvalue weighted by atomic mass is 10.1. The third-order valence-corrected chi connectivity index (χ3v) is 4.57. The highest BCUT2D eigenvalue weighted by Gasteiger charge is 2.16. The van der Waals surface area contributed by atoms with E-state index in [2.05, 4.69) is 15.4 Å². The Kier molecular flexibility index (Phi) is 5.18. The van der Waals surface area contributed by atoms with Crippen molar-refractivity contribution in [3.8, 4) is 11.4 Å². The van der Waals surface area contributed by atoms with Crippen LogP contribution in [0.2, 0.25) is 0 Å². The Hall–Kier alpha value is -2.61. The molecule has 0 radical (unpaired) electrons. The third kappa shape index (κ3) is 4.27. The maximum atomic E-state index is 11.0. The van der Waals surface area contributed by atoms with Gasteiger partial charge in [0.05, 0.1) is 12.1 Å². The van der Waals surface area contributed by atoms with Crippen LogP contribution in [0.3, 0.4) is 0 Å². The normalized spacial score (nSPS) is 11.0. The Bertz CT molecular complexity index is 888. The molecule has 0 saturated carbocycles. The molecule has 2 heterocycles. The van der Waals surface area contributed by atoms with Crippen LogP contribution < -0.4 is 0 Å². The maximum Gasteiger partial charge on any atom is 0.305 e. The van der Waals surface area contributed by atoms with Crippen LogP contribution in [0, 0.1) is 13.8 Å². The molecule has 0 bridgehead atoms. The number of thioether (sulfide) groups is 1. The Morgan fingerprint density at radius 1 is 1.28 bits per heavy atom. The van der Waals surface area contributed by atoms with Gasteiger partial charge in [0.1, 0.15) is 5.76 Å². The van der Waals surface area contributed by atoms with Gasteiger partial charge >= 0.3 is 5.97 Å². The number of aliphatic carboxylic acids is 1. The molecule has 1 N–H and O–H groups in total. The number of carboxylic acids is 1. The van der Waals surface area contributed by atoms with E-state index >= 15 is 0 Å². The molecule has 2 aromatic heterocycles. The average molecular weight is 358 g/mol. The van der Waals surface area contributed by atoms with Gasteiger partial charge in [-0.25, -0.2) is 0 Å². The first-order valence-electron chi connectivity index (χ1n) is 7.80. The van der Waals surface area contributed by atoms with E-state index < -0.39 is 5.97 Å². The highest BCUT2D eigenvalue weighted by Crippen LogP contribution is 2.27. The van der Waals surface area contributed by atoms with Gasteiger partial charge in [-0.1, -0.05) is 40.7 Å². The number of rotatable bonds is 7. The number of aromatic nitrogens is 4. The summed E-state index contributed by atoms with van der Waals surface area (Å²) >= 11 is 1.46. The van der Waals surface area contributed by atoms with E-state index in [0.717, 1.165) is 22.6 Å². The van der Waals surface area contributed by atoms with E-state index in [-0.39, 0.29) is 6.42 Å². The van der Waals surface area contributed by atoms with E-state index in [1.54, 1.807) is 0 Å². The SMILES string of the molecule is Cc1cccc(-c2nnc(SCc3cc(C)on3)n2CCC(=O)O)c1. The Balaban J connectivity index is 1.87. The highest BCUT2D eigenvalue weighted by molar-refractivity contribution is 7.98. The van der Waals surface area contributed by atoms with Gasteiger partial charge in [0.25, 0.3) is 0 Å². The molecule has 3 aromatic rings. The second-order valence-electron chi connectivity index (χ2n) is 5.69. The predicted octanol–water partition coefficient (Wildman–Crippen LogP) is 3.32. The van der Waals surface area contributed by atoms with Gasteiger partial charge in [-0.05, 0) is 19.9 Å². The van der Waals surface area contributed by atoms with Crippen molar-refractivity contribution in [1.29, 1.82) is 0 Å². The molecule has 130 valence electrons. The van der Waals surface area contributed by atoms with Crippen molar-refractivity contribution in [2.75, 3.05) is 0 Å². The molecule has 7 nitrogen and oxygen atoms in total. The summed E-state index contributed by atoms with van der Waals surface area (Å²) in [7, 11) is 0. The lowest BCUT2D eigenvalue weighted by molar-refractivity contribution is -0.137. The first-order chi connectivity index (χ1) is 12.0. The lowest BCUT2D eigenvalue weighted by Crippen LogP contribution is -2.07. The third-order valence-electron chi connectivity index (χ3n) is 3.57. The van der Waals surface area contributed by atoms with E-state index in [9.17, 15) is 4.79 Å². The molecular weight excluding hydrogens is 340 g/mol. The van der Waals surface area contributed by atoms with E-state index in [0.29, 0.717) is 23.3 Å². The van der Waals surface area contributed by atoms with Crippen LogP contribution >= 0.6 is 11.8 Å². The standard InChI is InChI=1S/C17H18N4O3S/c1-11-4-3-5-13(8-11)16-18-19-17(21(16)7-6-15(22)23)25-10-14-9-12(2)24-20-14/h3-5,8-9H,6-7,10H2,1-2H3,(H,22,23). The van der Waals surface area contributed by atoms with Crippen molar-refractivity contribution in [3.05, 3.63) is 47.3 Å². The van der Waals surface area contributed by atoms with Crippen molar-refractivity contribution in [1.82, 2.24) is 19.9 Å². The summed E-state index contributed by atoms with van der Waals surface area (Å²) in [5, 5.41) is 22.2. The summed E-state index contributed by atoms with van der Waals surface area (Å²) in [5.41, 5.74) is 2.84. The van der Waals surface area contributed by atoms with Gasteiger partial charge in [0.2, 0.25) is 0 Å². The molecule has 8 heteroatoms. The minimum absolute atomic E-state index is 0.00742. The molecule has 0 aliphatic heterocycles. The van der Waals surface area contributed by atoms with Crippen LogP contribution in [-0.4, -0.2) is 31.0 Å². The second-order valence-corrected chi connectivity index (χ2v) is 6.63. The summed E-state index contributed by atoms with van der Waals surface area (Å²) in [6.45, 7) is 4.15. The Morgan fingerprint density at radius 2 is 2.12 bits per heavy atom. The van der Waals surface area contributed by atoms with Gasteiger partial charge in [-0.15, -0.1) is 10.2 Å². The maximum absolute atomic E-state index is 11.0. The number of aryl methyl sites for hydroxylation is 2. The van der Waals surface area contributed by atoms with Crippen molar-refractivity contribution in [2.45, 2.75) is 37.7 Å². The molecule has 0 amide bonds. The molecular formula is C17H18N4O3S. The zero-order valence-corrected chi connectivity index (χ0v) is 14.8. The van der Waals surface area contributed by atoms with Gasteiger partial charge in [0.15, 0.2) is 11.0 Å². The molecule has 3 rings (SSSR count). The van der Waals surface area contributed by atoms with Gasteiger partial charge < -0.3 is 14.2 Å². The lowest BCUT2D eigenvalue weighted by Gasteiger charge is -2.09. The van der Waals surface area contributed by atoms with Crippen molar-refractivity contribution >= 4 is 17.7 Å². The minimum atomic E-state index is -0.855. The average Bonchev–Trinajstić information content (AvgIpc) is 3.16. The molecule has 0 aliphatic rings. The van der Waals surface area contributed by atoms with Crippen LogP contribution in [-0.2, 0) is 17.1 Å². The fraction of sp³-hybridized carbons (Fsp3) is 0.294. The first-order valence-corrected chi connectivity index (χ1v) is 8.78. The largest absolute Gasteiger partial charge is 0.481 e. The fourth-order valence-corrected chi connectivity index (χ4v) is 3.27. The topological polar surface area (TPSA) is 94.0 Å². The van der Waals surface area contributed by atoms with Crippen LogP contribution in [0.1, 0.15) is 23.4 Å². The van der Waals surface area contributed by atoms with Crippen LogP contribution in [0.25, 0.3) is 11.4 Å². The van der Waals surface area contributed by atoms with Gasteiger partial charge in [-0.3, -0.25) is 4.79 Å². The highest BCUT2D eigenvalue weighted by atomic mass is 32.2. The molecule has 0 unspecified atom stereocenters. The number of benzene rings is 1. The molecule has 1 aromatic carbocycles. The summed E-state index contributed by atoms with van der Waals surface area (Å²) in [5.74, 6) is 1.15. The zero-order valence-electron chi connectivity index (χ0n) is 14.0. The smallest absolute Gasteiger partial charge is 0.305 e. The van der Waals surface area contributed by atoms with Crippen LogP contribution in [0.15, 0.2) is 40.0 Å². The van der Waals surface area contributed by atoms with Crippen molar-refractivity contribution in [2.24, 2.45) is 0 Å². The van der Waals surface area contributed by atoms with E-state index in [1.807, 2.05) is 48.7 Å². The second kappa shape index (κ2) is 7.52. The molecule has 0 fully saturated rings. The molecule has 0 spiro atoms. The zero-order chi connectivity index (χ0) is 17.8. The summed E-state index contributed by atoms with van der Waals surface area (Å²) < 4.78 is 6.91. The minimum Gasteiger partial charge on any atom is -0.481 e. The number of hydrogen-bond acceptors (Lipinski definition) is 6. The number of nitrogens with zero attached hydrogens (tertiary/aromatic N) is 4. The summed E-state index contributed by atoms with van der Waals surface area (Å²) in [6.07, 6.45) is 0.00742. The van der Waals surface area contributed by atoms with Gasteiger partial charge in [-0.2, -0.15) is 0 Å². The summed E-state index contributed by atoms with van der Waals surface area (Å²) in [6, 6.07) is 9.78. The number of carboxylic acid groups (broad SMARTS) is 1. The van der Waals surface area contributed by atoms with Crippen LogP contribution in [0.4, 0.5) is 0 Å². The first kappa shape index (κ1) is 17.2. The number of carbonyl (C=O) groups is 1. The molecule has 0 atom stereocenters. The Labute approximate surface area is 149 Å². The molecule has 0 aliphatic carbocycles. The van der Waals surface area contributed by atoms with Gasteiger partial charge in [0, 0.05) is 23.9 Å².